The first-order valence-electron chi connectivity index (χ1n) is 10.5. The van der Waals surface area contributed by atoms with Crippen molar-refractivity contribution in [3.63, 3.8) is 0 Å². The van der Waals surface area contributed by atoms with Gasteiger partial charge >= 0.3 is 0 Å². The van der Waals surface area contributed by atoms with Crippen molar-refractivity contribution in [2.45, 2.75) is 25.7 Å². The van der Waals surface area contributed by atoms with E-state index in [1.807, 2.05) is 18.2 Å². The van der Waals surface area contributed by atoms with Crippen molar-refractivity contribution in [1.29, 1.82) is 5.41 Å². The summed E-state index contributed by atoms with van der Waals surface area (Å²) in [5, 5.41) is 11.7. The average molecular weight is 417 g/mol. The molecule has 0 saturated heterocycles. The number of halogens is 1. The standard InChI is InChI=1S/C25H25FN4O/c26-19-9-6-17(7-10-19)18-8-12-21-22(11-5-16-3-4-16)24(30-23(21)14-18)25(31)29-15-20(28)2-1-13-27/h6-10,12,14,16,28,30H,1-4,13,15,27H2,(H,29,31). The number of nitrogens with one attached hydrogen (secondary N) is 3. The Morgan fingerprint density at radius 1 is 1.19 bits per heavy atom. The van der Waals surface area contributed by atoms with Gasteiger partial charge in [0.2, 0.25) is 0 Å². The van der Waals surface area contributed by atoms with Crippen molar-refractivity contribution in [3.05, 3.63) is 59.5 Å². The number of H-pyrrole nitrogens is 1. The highest BCUT2D eigenvalue weighted by Gasteiger charge is 2.20. The highest BCUT2D eigenvalue weighted by atomic mass is 19.1. The van der Waals surface area contributed by atoms with Crippen LogP contribution in [-0.2, 0) is 0 Å². The summed E-state index contributed by atoms with van der Waals surface area (Å²) in [5.74, 6) is 6.30. The number of aromatic nitrogens is 1. The Bertz CT molecular complexity index is 1180. The summed E-state index contributed by atoms with van der Waals surface area (Å²) in [4.78, 5) is 16.1. The number of hydrogen-bond acceptors (Lipinski definition) is 3. The molecule has 1 fully saturated rings. The monoisotopic (exact) mass is 416 g/mol. The van der Waals surface area contributed by atoms with Gasteiger partial charge in [0, 0.05) is 22.5 Å². The van der Waals surface area contributed by atoms with Gasteiger partial charge in [0.15, 0.2) is 0 Å². The van der Waals surface area contributed by atoms with Gasteiger partial charge < -0.3 is 21.4 Å². The molecule has 31 heavy (non-hydrogen) atoms. The van der Waals surface area contributed by atoms with Crippen LogP contribution in [0.4, 0.5) is 4.39 Å². The van der Waals surface area contributed by atoms with E-state index in [0.29, 0.717) is 35.9 Å². The number of amides is 1. The van der Waals surface area contributed by atoms with Crippen molar-refractivity contribution in [2.24, 2.45) is 11.7 Å². The molecular formula is C25H25FN4O. The molecule has 0 aliphatic heterocycles. The molecule has 1 heterocycles. The Kier molecular flexibility index (Phi) is 6.15. The van der Waals surface area contributed by atoms with Crippen LogP contribution in [0.15, 0.2) is 42.5 Å². The SMILES string of the molecule is N=C(CCCN)CNC(=O)c1[nH]c2cc(-c3ccc(F)cc3)ccc2c1C#CC1CC1. The van der Waals surface area contributed by atoms with E-state index in [4.69, 9.17) is 11.1 Å². The molecule has 0 atom stereocenters. The van der Waals surface area contributed by atoms with Crippen LogP contribution >= 0.6 is 0 Å². The van der Waals surface area contributed by atoms with Gasteiger partial charge in [0.05, 0.1) is 12.1 Å². The highest BCUT2D eigenvalue weighted by Crippen LogP contribution is 2.30. The first kappa shape index (κ1) is 20.8. The van der Waals surface area contributed by atoms with Crippen molar-refractivity contribution in [2.75, 3.05) is 13.1 Å². The van der Waals surface area contributed by atoms with Gasteiger partial charge in [-0.1, -0.05) is 36.1 Å². The quantitative estimate of drug-likeness (QED) is 0.343. The van der Waals surface area contributed by atoms with Gasteiger partial charge in [-0.25, -0.2) is 4.39 Å². The number of benzene rings is 2. The predicted molar refractivity (Wildman–Crippen MR) is 122 cm³/mol. The summed E-state index contributed by atoms with van der Waals surface area (Å²) in [6.07, 6.45) is 3.50. The van der Waals surface area contributed by atoms with E-state index >= 15 is 0 Å². The molecule has 1 aliphatic carbocycles. The van der Waals surface area contributed by atoms with Crippen LogP contribution in [0.3, 0.4) is 0 Å². The normalized spacial score (nSPS) is 13.0. The summed E-state index contributed by atoms with van der Waals surface area (Å²) < 4.78 is 13.3. The van der Waals surface area contributed by atoms with Crippen LogP contribution in [0.2, 0.25) is 0 Å². The van der Waals surface area contributed by atoms with Crippen LogP contribution in [-0.4, -0.2) is 29.7 Å². The fourth-order valence-electron chi connectivity index (χ4n) is 3.40. The first-order chi connectivity index (χ1) is 15.0. The molecule has 4 rings (SSSR count). The van der Waals surface area contributed by atoms with E-state index in [0.717, 1.165) is 41.3 Å². The van der Waals surface area contributed by atoms with Gasteiger partial charge in [-0.15, -0.1) is 0 Å². The fraction of sp³-hybridized carbons (Fsp3) is 0.280. The van der Waals surface area contributed by atoms with Gasteiger partial charge in [0.1, 0.15) is 11.5 Å². The summed E-state index contributed by atoms with van der Waals surface area (Å²) in [6.45, 7) is 0.708. The lowest BCUT2D eigenvalue weighted by atomic mass is 10.0. The largest absolute Gasteiger partial charge is 0.349 e. The Hall–Kier alpha value is -3.43. The molecule has 5 N–H and O–H groups in total. The lowest BCUT2D eigenvalue weighted by molar-refractivity contribution is 0.0954. The summed E-state index contributed by atoms with van der Waals surface area (Å²) >= 11 is 0. The fourth-order valence-corrected chi connectivity index (χ4v) is 3.40. The second-order valence-corrected chi connectivity index (χ2v) is 7.86. The van der Waals surface area contributed by atoms with E-state index in [-0.39, 0.29) is 18.3 Å². The maximum Gasteiger partial charge on any atom is 0.269 e. The number of hydrogen-bond donors (Lipinski definition) is 4. The molecule has 1 amide bonds. The molecule has 0 unspecified atom stereocenters. The molecule has 2 aromatic carbocycles. The topological polar surface area (TPSA) is 94.8 Å². The smallest absolute Gasteiger partial charge is 0.269 e. The number of carbonyl (C=O) groups is 1. The molecule has 1 aliphatic rings. The Morgan fingerprint density at radius 3 is 2.65 bits per heavy atom. The predicted octanol–water partition coefficient (Wildman–Crippen LogP) is 4.22. The summed E-state index contributed by atoms with van der Waals surface area (Å²) in [5.41, 5.74) is 9.63. The number of carbonyl (C=O) groups excluding carboxylic acids is 1. The van der Waals surface area contributed by atoms with E-state index in [1.165, 1.54) is 12.1 Å². The molecule has 1 saturated carbocycles. The number of aromatic amines is 1. The van der Waals surface area contributed by atoms with E-state index < -0.39 is 0 Å². The first-order valence-corrected chi connectivity index (χ1v) is 10.5. The third-order valence-electron chi connectivity index (χ3n) is 5.33. The molecule has 0 spiro atoms. The van der Waals surface area contributed by atoms with Gasteiger partial charge in [-0.05, 0) is 61.6 Å². The Morgan fingerprint density at radius 2 is 1.94 bits per heavy atom. The highest BCUT2D eigenvalue weighted by molar-refractivity contribution is 6.04. The summed E-state index contributed by atoms with van der Waals surface area (Å²) in [7, 11) is 0. The minimum atomic E-state index is -0.280. The van der Waals surface area contributed by atoms with Gasteiger partial charge in [-0.2, -0.15) is 0 Å². The second kappa shape index (κ2) is 9.15. The molecule has 0 bridgehead atoms. The van der Waals surface area contributed by atoms with Crippen molar-refractivity contribution >= 4 is 22.5 Å². The molecule has 5 nitrogen and oxygen atoms in total. The third-order valence-corrected chi connectivity index (χ3v) is 5.33. The van der Waals surface area contributed by atoms with Crippen LogP contribution in [0.25, 0.3) is 22.0 Å². The van der Waals surface area contributed by atoms with Crippen LogP contribution in [0.1, 0.15) is 41.7 Å². The molecule has 0 radical (unpaired) electrons. The molecule has 1 aromatic heterocycles. The molecule has 158 valence electrons. The minimum absolute atomic E-state index is 0.185. The second-order valence-electron chi connectivity index (χ2n) is 7.86. The minimum Gasteiger partial charge on any atom is -0.349 e. The zero-order chi connectivity index (χ0) is 21.8. The van der Waals surface area contributed by atoms with Gasteiger partial charge in [-0.3, -0.25) is 4.79 Å². The van der Waals surface area contributed by atoms with E-state index in [2.05, 4.69) is 22.1 Å². The number of fused-ring (bicyclic) bond motifs is 1. The lowest BCUT2D eigenvalue weighted by Gasteiger charge is -2.05. The molecular weight excluding hydrogens is 391 g/mol. The zero-order valence-electron chi connectivity index (χ0n) is 17.2. The van der Waals surface area contributed by atoms with Crippen LogP contribution in [0, 0.1) is 29.0 Å². The van der Waals surface area contributed by atoms with E-state index in [1.54, 1.807) is 12.1 Å². The Balaban J connectivity index is 1.65. The average Bonchev–Trinajstić information content (AvgIpc) is 3.54. The van der Waals surface area contributed by atoms with Crippen LogP contribution in [0.5, 0.6) is 0 Å². The number of nitrogens with two attached hydrogens (primary N) is 1. The van der Waals surface area contributed by atoms with Gasteiger partial charge in [0.25, 0.3) is 5.91 Å². The molecule has 6 heteroatoms. The van der Waals surface area contributed by atoms with Crippen molar-refractivity contribution < 1.29 is 9.18 Å². The third kappa shape index (κ3) is 5.01. The van der Waals surface area contributed by atoms with E-state index in [9.17, 15) is 9.18 Å². The Labute approximate surface area is 180 Å². The van der Waals surface area contributed by atoms with Crippen molar-refractivity contribution in [3.8, 4) is 23.0 Å². The summed E-state index contributed by atoms with van der Waals surface area (Å²) in [6, 6.07) is 12.2. The maximum absolute atomic E-state index is 13.3. The van der Waals surface area contributed by atoms with Crippen molar-refractivity contribution in [1.82, 2.24) is 10.3 Å². The van der Waals surface area contributed by atoms with Crippen LogP contribution < -0.4 is 11.1 Å². The lowest BCUT2D eigenvalue weighted by Crippen LogP contribution is -2.30. The zero-order valence-corrected chi connectivity index (χ0v) is 17.2. The number of rotatable bonds is 7. The molecule has 3 aromatic rings. The maximum atomic E-state index is 13.3.